The van der Waals surface area contributed by atoms with Gasteiger partial charge in [-0.3, -0.25) is 9.69 Å². The first-order valence-electron chi connectivity index (χ1n) is 8.49. The number of hydrogen-bond acceptors (Lipinski definition) is 2. The molecule has 2 aromatic rings. The summed E-state index contributed by atoms with van der Waals surface area (Å²) >= 11 is 5.90. The molecule has 2 saturated heterocycles. The summed E-state index contributed by atoms with van der Waals surface area (Å²) in [6, 6.07) is 18.7. The molecule has 0 unspecified atom stereocenters. The van der Waals surface area contributed by atoms with Crippen LogP contribution in [0.25, 0.3) is 0 Å². The van der Waals surface area contributed by atoms with Crippen LogP contribution in [0.3, 0.4) is 0 Å². The predicted octanol–water partition coefficient (Wildman–Crippen LogP) is 3.23. The quantitative estimate of drug-likeness (QED) is 0.853. The van der Waals surface area contributed by atoms with E-state index in [1.165, 1.54) is 5.56 Å². The van der Waals surface area contributed by atoms with Gasteiger partial charge in [0.05, 0.1) is 6.42 Å². The van der Waals surface area contributed by atoms with Crippen molar-refractivity contribution in [3.8, 4) is 0 Å². The maximum absolute atomic E-state index is 12.6. The van der Waals surface area contributed by atoms with Crippen molar-refractivity contribution in [2.45, 2.75) is 19.0 Å². The number of benzene rings is 2. The van der Waals surface area contributed by atoms with E-state index in [0.717, 1.165) is 31.7 Å². The van der Waals surface area contributed by atoms with Crippen LogP contribution in [0.2, 0.25) is 5.02 Å². The molecule has 3 nitrogen and oxygen atoms in total. The van der Waals surface area contributed by atoms with Crippen LogP contribution in [0.4, 0.5) is 0 Å². The van der Waals surface area contributed by atoms with Gasteiger partial charge in [0, 0.05) is 43.2 Å². The normalized spacial score (nSPS) is 23.0. The summed E-state index contributed by atoms with van der Waals surface area (Å²) < 4.78 is 0. The molecule has 0 spiro atoms. The second-order valence-electron chi connectivity index (χ2n) is 6.84. The van der Waals surface area contributed by atoms with Crippen molar-refractivity contribution in [2.24, 2.45) is 5.92 Å². The fraction of sp³-hybridized carbons (Fsp3) is 0.350. The van der Waals surface area contributed by atoms with Gasteiger partial charge >= 0.3 is 0 Å². The molecule has 2 aromatic carbocycles. The summed E-state index contributed by atoms with van der Waals surface area (Å²) in [5.41, 5.74) is 2.38. The zero-order valence-electron chi connectivity index (χ0n) is 13.6. The van der Waals surface area contributed by atoms with Gasteiger partial charge in [0.15, 0.2) is 0 Å². The molecule has 0 aliphatic carbocycles. The minimum atomic E-state index is 0.228. The van der Waals surface area contributed by atoms with Crippen molar-refractivity contribution >= 4 is 17.5 Å². The number of likely N-dealkylation sites (tertiary alicyclic amines) is 2. The molecular formula is C20H21ClN2O. The number of halogens is 1. The van der Waals surface area contributed by atoms with Gasteiger partial charge in [-0.25, -0.2) is 0 Å². The average molecular weight is 341 g/mol. The topological polar surface area (TPSA) is 23.6 Å². The minimum absolute atomic E-state index is 0.228. The number of carbonyl (C=O) groups excluding carboxylic acids is 1. The third kappa shape index (κ3) is 3.19. The molecule has 4 heteroatoms. The largest absolute Gasteiger partial charge is 0.340 e. The van der Waals surface area contributed by atoms with Crippen LogP contribution in [0, 0.1) is 5.92 Å². The van der Waals surface area contributed by atoms with Crippen LogP contribution in [0.5, 0.6) is 0 Å². The van der Waals surface area contributed by atoms with Crippen LogP contribution >= 0.6 is 11.6 Å². The van der Waals surface area contributed by atoms with Crippen LogP contribution < -0.4 is 0 Å². The maximum atomic E-state index is 12.6. The van der Waals surface area contributed by atoms with E-state index >= 15 is 0 Å². The van der Waals surface area contributed by atoms with Crippen LogP contribution in [0.15, 0.2) is 54.6 Å². The second-order valence-corrected chi connectivity index (χ2v) is 7.28. The van der Waals surface area contributed by atoms with Gasteiger partial charge < -0.3 is 4.90 Å². The van der Waals surface area contributed by atoms with E-state index in [1.54, 1.807) is 0 Å². The monoisotopic (exact) mass is 340 g/mol. The lowest BCUT2D eigenvalue weighted by Crippen LogP contribution is -2.54. The molecule has 0 N–H and O–H groups in total. The Labute approximate surface area is 147 Å². The summed E-state index contributed by atoms with van der Waals surface area (Å²) in [6.07, 6.45) is 0.468. The first-order chi connectivity index (χ1) is 11.7. The van der Waals surface area contributed by atoms with Crippen molar-refractivity contribution in [3.05, 3.63) is 70.7 Å². The lowest BCUT2D eigenvalue weighted by atomic mass is 9.91. The van der Waals surface area contributed by atoms with Gasteiger partial charge in [0.2, 0.25) is 5.91 Å². The number of carbonyl (C=O) groups is 1. The third-order valence-electron chi connectivity index (χ3n) is 5.19. The number of nitrogens with zero attached hydrogens (tertiary/aromatic N) is 2. The van der Waals surface area contributed by atoms with Crippen molar-refractivity contribution < 1.29 is 4.79 Å². The summed E-state index contributed by atoms with van der Waals surface area (Å²) in [4.78, 5) is 17.1. The average Bonchev–Trinajstić information content (AvgIpc) is 2.93. The van der Waals surface area contributed by atoms with Crippen molar-refractivity contribution in [1.29, 1.82) is 0 Å². The first kappa shape index (κ1) is 15.7. The Balaban J connectivity index is 1.33. The zero-order chi connectivity index (χ0) is 16.5. The number of fused-ring (bicyclic) bond motifs is 1. The third-order valence-corrected chi connectivity index (χ3v) is 5.45. The number of rotatable bonds is 4. The van der Waals surface area contributed by atoms with Crippen LogP contribution in [0.1, 0.15) is 11.1 Å². The van der Waals surface area contributed by atoms with Crippen molar-refractivity contribution in [3.63, 3.8) is 0 Å². The predicted molar refractivity (Wildman–Crippen MR) is 95.9 cm³/mol. The molecule has 24 heavy (non-hydrogen) atoms. The van der Waals surface area contributed by atoms with Crippen molar-refractivity contribution in [2.75, 3.05) is 19.6 Å². The smallest absolute Gasteiger partial charge is 0.227 e. The van der Waals surface area contributed by atoms with Gasteiger partial charge in [-0.1, -0.05) is 54.1 Å². The van der Waals surface area contributed by atoms with E-state index in [-0.39, 0.29) is 5.91 Å². The molecule has 2 atom stereocenters. The zero-order valence-corrected chi connectivity index (χ0v) is 14.3. The second kappa shape index (κ2) is 6.58. The van der Waals surface area contributed by atoms with Gasteiger partial charge in [-0.05, 0) is 23.3 Å². The van der Waals surface area contributed by atoms with Crippen molar-refractivity contribution in [1.82, 2.24) is 9.80 Å². The van der Waals surface area contributed by atoms with Gasteiger partial charge in [0.1, 0.15) is 0 Å². The molecule has 1 amide bonds. The lowest BCUT2D eigenvalue weighted by molar-refractivity contribution is -0.129. The summed E-state index contributed by atoms with van der Waals surface area (Å²) in [5.74, 6) is 0.870. The Bertz CT molecular complexity index is 716. The molecular weight excluding hydrogens is 320 g/mol. The van der Waals surface area contributed by atoms with E-state index in [9.17, 15) is 4.79 Å². The molecule has 0 saturated carbocycles. The van der Waals surface area contributed by atoms with E-state index in [0.29, 0.717) is 23.4 Å². The van der Waals surface area contributed by atoms with E-state index < -0.39 is 0 Å². The Kier molecular flexibility index (Phi) is 4.30. The molecule has 2 heterocycles. The molecule has 2 aliphatic rings. The minimum Gasteiger partial charge on any atom is -0.340 e. The Morgan fingerprint density at radius 1 is 0.958 bits per heavy atom. The highest BCUT2D eigenvalue weighted by Gasteiger charge is 2.46. The molecule has 2 fully saturated rings. The molecule has 124 valence electrons. The Morgan fingerprint density at radius 2 is 1.71 bits per heavy atom. The molecule has 0 bridgehead atoms. The molecule has 0 radical (unpaired) electrons. The number of hydrogen-bond donors (Lipinski definition) is 0. The highest BCUT2D eigenvalue weighted by atomic mass is 35.5. The van der Waals surface area contributed by atoms with Gasteiger partial charge in [-0.2, -0.15) is 0 Å². The van der Waals surface area contributed by atoms with Crippen LogP contribution in [-0.4, -0.2) is 41.4 Å². The summed E-state index contributed by atoms with van der Waals surface area (Å²) in [5, 5.41) is 0.710. The first-order valence-corrected chi connectivity index (χ1v) is 8.87. The summed E-state index contributed by atoms with van der Waals surface area (Å²) in [7, 11) is 0. The van der Waals surface area contributed by atoms with Gasteiger partial charge in [0.25, 0.3) is 0 Å². The van der Waals surface area contributed by atoms with E-state index in [4.69, 9.17) is 11.6 Å². The number of amides is 1. The van der Waals surface area contributed by atoms with Gasteiger partial charge in [-0.15, -0.1) is 0 Å². The van der Waals surface area contributed by atoms with E-state index in [2.05, 4.69) is 35.2 Å². The van der Waals surface area contributed by atoms with Crippen LogP contribution in [-0.2, 0) is 17.8 Å². The Morgan fingerprint density at radius 3 is 2.46 bits per heavy atom. The highest BCUT2D eigenvalue weighted by Crippen LogP contribution is 2.33. The molecule has 4 rings (SSSR count). The fourth-order valence-electron chi connectivity index (χ4n) is 3.84. The maximum Gasteiger partial charge on any atom is 0.227 e. The SMILES string of the molecule is O=C(Cc1ccc(Cl)cc1)N1C[C@@H]2CN(Cc3ccccc3)[C@H]2C1. The summed E-state index contributed by atoms with van der Waals surface area (Å²) in [6.45, 7) is 3.86. The fourth-order valence-corrected chi connectivity index (χ4v) is 3.96. The lowest BCUT2D eigenvalue weighted by Gasteiger charge is -2.43. The molecule has 2 aliphatic heterocycles. The Hall–Kier alpha value is -1.84. The standard InChI is InChI=1S/C20H21ClN2O/c21-18-8-6-15(7-9-18)10-20(24)23-13-17-12-22(19(17)14-23)11-16-4-2-1-3-5-16/h1-9,17,19H,10-14H2/t17-,19-/m0/s1. The molecule has 0 aromatic heterocycles. The van der Waals surface area contributed by atoms with E-state index in [1.807, 2.05) is 29.2 Å². The highest BCUT2D eigenvalue weighted by molar-refractivity contribution is 6.30.